The molecule has 0 aliphatic heterocycles. The lowest BCUT2D eigenvalue weighted by atomic mass is 10.1. The van der Waals surface area contributed by atoms with Crippen molar-refractivity contribution in [3.8, 4) is 0 Å². The molecule has 1 aromatic carbocycles. The van der Waals surface area contributed by atoms with E-state index in [1.165, 1.54) is 0 Å². The van der Waals surface area contributed by atoms with E-state index in [0.29, 0.717) is 6.61 Å². The van der Waals surface area contributed by atoms with Crippen LogP contribution in [0.5, 0.6) is 0 Å². The van der Waals surface area contributed by atoms with E-state index in [2.05, 4.69) is 6.92 Å². The van der Waals surface area contributed by atoms with Crippen LogP contribution >= 0.6 is 0 Å². The molecule has 0 aliphatic carbocycles. The van der Waals surface area contributed by atoms with Crippen LogP contribution in [0.2, 0.25) is 0 Å². The average Bonchev–Trinajstić information content (AvgIpc) is 2.31. The molecule has 1 unspecified atom stereocenters. The van der Waals surface area contributed by atoms with E-state index >= 15 is 0 Å². The van der Waals surface area contributed by atoms with Crippen LogP contribution in [0.4, 0.5) is 0 Å². The average molecular weight is 208 g/mol. The van der Waals surface area contributed by atoms with Gasteiger partial charge in [-0.05, 0) is 12.0 Å². The van der Waals surface area contributed by atoms with Crippen molar-refractivity contribution in [1.29, 1.82) is 0 Å². The molecule has 1 aromatic rings. The van der Waals surface area contributed by atoms with Crippen LogP contribution in [0.15, 0.2) is 30.3 Å². The lowest BCUT2D eigenvalue weighted by molar-refractivity contribution is -0.00323. The molecule has 0 bridgehead atoms. The van der Waals surface area contributed by atoms with E-state index in [-0.39, 0.29) is 12.7 Å². The molecule has 0 radical (unpaired) electrons. The van der Waals surface area contributed by atoms with Gasteiger partial charge in [0.1, 0.15) is 0 Å². The van der Waals surface area contributed by atoms with Crippen molar-refractivity contribution in [2.75, 3.05) is 6.61 Å². The lowest BCUT2D eigenvalue weighted by Gasteiger charge is -2.14. The van der Waals surface area contributed by atoms with Crippen LogP contribution in [-0.4, -0.2) is 17.8 Å². The molecule has 0 amide bonds. The van der Waals surface area contributed by atoms with Gasteiger partial charge in [-0.3, -0.25) is 0 Å². The Hall–Kier alpha value is -0.860. The normalized spacial score (nSPS) is 12.7. The first-order valence-corrected chi connectivity index (χ1v) is 5.63. The van der Waals surface area contributed by atoms with Crippen LogP contribution in [0.1, 0.15) is 31.7 Å². The lowest BCUT2D eigenvalue weighted by Crippen LogP contribution is -2.17. The molecular formula is C13H20O2. The van der Waals surface area contributed by atoms with Crippen molar-refractivity contribution >= 4 is 0 Å². The van der Waals surface area contributed by atoms with Gasteiger partial charge >= 0.3 is 0 Å². The van der Waals surface area contributed by atoms with Gasteiger partial charge in [-0.2, -0.15) is 0 Å². The number of unbranched alkanes of at least 4 members (excludes halogenated alkanes) is 1. The maximum Gasteiger partial charge on any atom is 0.0810 e. The fourth-order valence-corrected chi connectivity index (χ4v) is 1.45. The first-order valence-electron chi connectivity index (χ1n) is 5.63. The van der Waals surface area contributed by atoms with Crippen LogP contribution in [0, 0.1) is 0 Å². The molecule has 84 valence electrons. The molecule has 2 heteroatoms. The van der Waals surface area contributed by atoms with Gasteiger partial charge in [0.2, 0.25) is 0 Å². The number of benzene rings is 1. The summed E-state index contributed by atoms with van der Waals surface area (Å²) in [4.78, 5) is 0. The third kappa shape index (κ3) is 4.96. The van der Waals surface area contributed by atoms with E-state index < -0.39 is 0 Å². The molecule has 1 rings (SSSR count). The molecule has 0 saturated carbocycles. The Bertz CT molecular complexity index is 246. The zero-order valence-corrected chi connectivity index (χ0v) is 9.36. The second-order valence-corrected chi connectivity index (χ2v) is 3.74. The summed E-state index contributed by atoms with van der Waals surface area (Å²) in [5.41, 5.74) is 1.16. The number of hydrogen-bond donors (Lipinski definition) is 1. The van der Waals surface area contributed by atoms with Crippen molar-refractivity contribution in [3.63, 3.8) is 0 Å². The third-order valence-corrected chi connectivity index (χ3v) is 2.41. The van der Waals surface area contributed by atoms with E-state index in [9.17, 15) is 0 Å². The van der Waals surface area contributed by atoms with Gasteiger partial charge in [-0.15, -0.1) is 0 Å². The van der Waals surface area contributed by atoms with Crippen molar-refractivity contribution in [3.05, 3.63) is 35.9 Å². The number of aliphatic hydroxyl groups is 1. The van der Waals surface area contributed by atoms with Gasteiger partial charge < -0.3 is 9.84 Å². The van der Waals surface area contributed by atoms with Gasteiger partial charge in [-0.25, -0.2) is 0 Å². The standard InChI is InChI=1S/C13H20O2/c1-2-3-9-13(10-14)15-11-12-7-5-4-6-8-12/h4-8,13-14H,2-3,9-11H2,1H3. The minimum absolute atomic E-state index is 0.00911. The van der Waals surface area contributed by atoms with Crippen LogP contribution < -0.4 is 0 Å². The highest BCUT2D eigenvalue weighted by atomic mass is 16.5. The minimum atomic E-state index is -0.00911. The number of ether oxygens (including phenoxy) is 1. The highest BCUT2D eigenvalue weighted by Gasteiger charge is 2.06. The van der Waals surface area contributed by atoms with Gasteiger partial charge in [-0.1, -0.05) is 50.1 Å². The molecule has 0 aromatic heterocycles. The largest absolute Gasteiger partial charge is 0.394 e. The predicted octanol–water partition coefficient (Wildman–Crippen LogP) is 2.75. The Balaban J connectivity index is 2.28. The molecular weight excluding hydrogens is 188 g/mol. The van der Waals surface area contributed by atoms with E-state index in [1.54, 1.807) is 0 Å². The summed E-state index contributed by atoms with van der Waals surface area (Å²) in [7, 11) is 0. The summed E-state index contributed by atoms with van der Waals surface area (Å²) in [6, 6.07) is 10.1. The second-order valence-electron chi connectivity index (χ2n) is 3.74. The van der Waals surface area contributed by atoms with Crippen molar-refractivity contribution < 1.29 is 9.84 Å². The van der Waals surface area contributed by atoms with Crippen LogP contribution in [-0.2, 0) is 11.3 Å². The molecule has 1 atom stereocenters. The zero-order chi connectivity index (χ0) is 10.9. The fourth-order valence-electron chi connectivity index (χ4n) is 1.45. The van der Waals surface area contributed by atoms with Crippen molar-refractivity contribution in [2.45, 2.75) is 38.9 Å². The zero-order valence-electron chi connectivity index (χ0n) is 9.36. The van der Waals surface area contributed by atoms with Gasteiger partial charge in [0.15, 0.2) is 0 Å². The Morgan fingerprint density at radius 1 is 1.27 bits per heavy atom. The number of aliphatic hydroxyl groups excluding tert-OH is 1. The van der Waals surface area contributed by atoms with E-state index in [0.717, 1.165) is 24.8 Å². The van der Waals surface area contributed by atoms with Gasteiger partial charge in [0.25, 0.3) is 0 Å². The smallest absolute Gasteiger partial charge is 0.0810 e. The molecule has 15 heavy (non-hydrogen) atoms. The van der Waals surface area contributed by atoms with Crippen molar-refractivity contribution in [2.24, 2.45) is 0 Å². The summed E-state index contributed by atoms with van der Waals surface area (Å²) < 4.78 is 5.63. The molecule has 1 N–H and O–H groups in total. The Labute approximate surface area is 91.9 Å². The summed E-state index contributed by atoms with van der Waals surface area (Å²) in [6.07, 6.45) is 3.19. The first-order chi connectivity index (χ1) is 7.36. The Kier molecular flexibility index (Phi) is 6.05. The summed E-state index contributed by atoms with van der Waals surface area (Å²) in [5, 5.41) is 9.11. The molecule has 0 aliphatic rings. The quantitative estimate of drug-likeness (QED) is 0.746. The maximum atomic E-state index is 9.11. The molecule has 0 spiro atoms. The number of hydrogen-bond acceptors (Lipinski definition) is 2. The Morgan fingerprint density at radius 3 is 2.60 bits per heavy atom. The first kappa shape index (κ1) is 12.2. The summed E-state index contributed by atoms with van der Waals surface area (Å²) >= 11 is 0. The van der Waals surface area contributed by atoms with Crippen LogP contribution in [0.25, 0.3) is 0 Å². The van der Waals surface area contributed by atoms with Crippen LogP contribution in [0.3, 0.4) is 0 Å². The van der Waals surface area contributed by atoms with Gasteiger partial charge in [0, 0.05) is 0 Å². The number of rotatable bonds is 7. The van der Waals surface area contributed by atoms with E-state index in [1.807, 2.05) is 30.3 Å². The maximum absolute atomic E-state index is 9.11. The molecule has 0 fully saturated rings. The molecule has 0 heterocycles. The Morgan fingerprint density at radius 2 is 2.00 bits per heavy atom. The highest BCUT2D eigenvalue weighted by molar-refractivity contribution is 5.13. The topological polar surface area (TPSA) is 29.5 Å². The third-order valence-electron chi connectivity index (χ3n) is 2.41. The minimum Gasteiger partial charge on any atom is -0.394 e. The predicted molar refractivity (Wildman–Crippen MR) is 61.6 cm³/mol. The summed E-state index contributed by atoms with van der Waals surface area (Å²) in [6.45, 7) is 2.86. The molecule has 2 nitrogen and oxygen atoms in total. The van der Waals surface area contributed by atoms with Gasteiger partial charge in [0.05, 0.1) is 19.3 Å². The highest BCUT2D eigenvalue weighted by Crippen LogP contribution is 2.08. The summed E-state index contributed by atoms with van der Waals surface area (Å²) in [5.74, 6) is 0. The fraction of sp³-hybridized carbons (Fsp3) is 0.538. The SMILES string of the molecule is CCCCC(CO)OCc1ccccc1. The monoisotopic (exact) mass is 208 g/mol. The van der Waals surface area contributed by atoms with E-state index in [4.69, 9.17) is 9.84 Å². The molecule has 0 saturated heterocycles. The second kappa shape index (κ2) is 7.43. The van der Waals surface area contributed by atoms with Crippen molar-refractivity contribution in [1.82, 2.24) is 0 Å².